The van der Waals surface area contributed by atoms with Crippen LogP contribution in [0.3, 0.4) is 0 Å². The number of ether oxygens (including phenoxy) is 1. The number of sulfonamides is 1. The molecule has 3 aliphatic carbocycles. The molecule has 4 fully saturated rings. The van der Waals surface area contributed by atoms with Gasteiger partial charge in [0.25, 0.3) is 6.02 Å². The Morgan fingerprint density at radius 3 is 2.26 bits per heavy atom. The average molecular weight is 395 g/mol. The van der Waals surface area contributed by atoms with Crippen molar-refractivity contribution < 1.29 is 17.5 Å². The molecule has 5 rings (SSSR count). The topological polar surface area (TPSA) is 67.8 Å². The highest BCUT2D eigenvalue weighted by atomic mass is 32.2. The first-order chi connectivity index (χ1) is 12.6. The van der Waals surface area contributed by atoms with Crippen LogP contribution in [0.25, 0.3) is 0 Å². The van der Waals surface area contributed by atoms with Gasteiger partial charge in [0.1, 0.15) is 16.5 Å². The molecule has 1 unspecified atom stereocenters. The quantitative estimate of drug-likeness (QED) is 0.853. The Balaban J connectivity index is 1.58. The number of halogens is 1. The van der Waals surface area contributed by atoms with E-state index in [1.165, 1.54) is 0 Å². The number of aliphatic imine (C=N–C) groups is 1. The lowest BCUT2D eigenvalue weighted by Gasteiger charge is -2.48. The minimum absolute atomic E-state index is 0.0672. The zero-order valence-electron chi connectivity index (χ0n) is 15.9. The van der Waals surface area contributed by atoms with Crippen molar-refractivity contribution in [3.8, 4) is 0 Å². The van der Waals surface area contributed by atoms with Gasteiger partial charge in [-0.25, -0.2) is 22.5 Å². The second-order valence-corrected chi connectivity index (χ2v) is 10.7. The van der Waals surface area contributed by atoms with Crippen LogP contribution >= 0.6 is 0 Å². The third-order valence-electron chi connectivity index (χ3n) is 6.46. The summed E-state index contributed by atoms with van der Waals surface area (Å²) in [6, 6.07) is 9.61. The van der Waals surface area contributed by atoms with E-state index in [0.29, 0.717) is 44.9 Å². The third-order valence-corrected chi connectivity index (χ3v) is 8.40. The summed E-state index contributed by atoms with van der Waals surface area (Å²) in [7, 11) is -3.64. The molecule has 2 bridgehead atoms. The summed E-state index contributed by atoms with van der Waals surface area (Å²) in [5.41, 5.74) is -1.41. The summed E-state index contributed by atoms with van der Waals surface area (Å²) in [5, 5.41) is -0.722. The van der Waals surface area contributed by atoms with Gasteiger partial charge in [-0.2, -0.15) is 0 Å². The molecule has 7 heteroatoms. The molecule has 1 atom stereocenters. The van der Waals surface area contributed by atoms with Gasteiger partial charge in [-0.1, -0.05) is 30.3 Å². The minimum atomic E-state index is -3.64. The van der Waals surface area contributed by atoms with Crippen molar-refractivity contribution in [2.24, 2.45) is 4.99 Å². The van der Waals surface area contributed by atoms with E-state index in [1.807, 2.05) is 30.3 Å². The van der Waals surface area contributed by atoms with Crippen molar-refractivity contribution in [3.63, 3.8) is 0 Å². The molecule has 1 N–H and O–H groups in total. The Kier molecular flexibility index (Phi) is 4.29. The molecule has 1 aromatic carbocycles. The van der Waals surface area contributed by atoms with Crippen LogP contribution in [0.2, 0.25) is 0 Å². The first kappa shape index (κ1) is 18.7. The normalized spacial score (nSPS) is 38.2. The molecule has 4 aliphatic rings. The van der Waals surface area contributed by atoms with Crippen LogP contribution in [0.5, 0.6) is 0 Å². The van der Waals surface area contributed by atoms with Crippen molar-refractivity contribution in [3.05, 3.63) is 35.9 Å². The Hall–Kier alpha value is -1.63. The Bertz CT molecular complexity index is 827. The van der Waals surface area contributed by atoms with Crippen LogP contribution < -0.4 is 4.72 Å². The summed E-state index contributed by atoms with van der Waals surface area (Å²) in [6.07, 6.45) is 3.79. The highest BCUT2D eigenvalue weighted by molar-refractivity contribution is 7.90. The van der Waals surface area contributed by atoms with E-state index in [2.05, 4.69) is 9.71 Å². The average Bonchev–Trinajstić information content (AvgIpc) is 2.60. The van der Waals surface area contributed by atoms with E-state index in [4.69, 9.17) is 4.74 Å². The highest BCUT2D eigenvalue weighted by Gasteiger charge is 2.51. The largest absolute Gasteiger partial charge is 0.457 e. The Morgan fingerprint density at radius 2 is 1.70 bits per heavy atom. The number of benzene rings is 1. The van der Waals surface area contributed by atoms with Gasteiger partial charge in [0.2, 0.25) is 10.0 Å². The Morgan fingerprint density at radius 1 is 1.11 bits per heavy atom. The molecule has 148 valence electrons. The molecular weight excluding hydrogens is 367 g/mol. The zero-order valence-corrected chi connectivity index (χ0v) is 16.7. The first-order valence-corrected chi connectivity index (χ1v) is 11.2. The lowest BCUT2D eigenvalue weighted by molar-refractivity contribution is 0.00496. The van der Waals surface area contributed by atoms with Crippen LogP contribution in [0, 0.1) is 0 Å². The monoisotopic (exact) mass is 394 g/mol. The smallest absolute Gasteiger partial charge is 0.299 e. The minimum Gasteiger partial charge on any atom is -0.457 e. The third kappa shape index (κ3) is 3.58. The molecule has 1 aromatic rings. The van der Waals surface area contributed by atoms with E-state index in [1.54, 1.807) is 13.8 Å². The van der Waals surface area contributed by atoms with Gasteiger partial charge >= 0.3 is 0 Å². The second kappa shape index (κ2) is 6.19. The lowest BCUT2D eigenvalue weighted by atomic mass is 9.64. The number of rotatable bonds is 3. The fourth-order valence-corrected chi connectivity index (χ4v) is 6.31. The number of nitrogens with one attached hydrogen (secondary N) is 1. The molecule has 0 aromatic heterocycles. The first-order valence-electron chi connectivity index (χ1n) is 9.65. The lowest BCUT2D eigenvalue weighted by Crippen LogP contribution is -2.60. The van der Waals surface area contributed by atoms with E-state index in [0.717, 1.165) is 5.56 Å². The Labute approximate surface area is 160 Å². The molecule has 1 aliphatic heterocycles. The molecule has 3 saturated carbocycles. The van der Waals surface area contributed by atoms with E-state index in [-0.39, 0.29) is 6.02 Å². The number of hydrogen-bond acceptors (Lipinski definition) is 4. The standard InChI is InChI=1S/C20H27FN2O3S/c1-18(2)16(14-15-6-4-3-5-7-15)27(24,25)23-17(26-18)22-20-11-8-19(21,9-12-20)10-13-20/h3-7,16H,8-14H2,1-2H3,(H,22,23). The van der Waals surface area contributed by atoms with Crippen molar-refractivity contribution >= 4 is 16.0 Å². The summed E-state index contributed by atoms with van der Waals surface area (Å²) < 4.78 is 48.9. The molecule has 0 amide bonds. The van der Waals surface area contributed by atoms with Gasteiger partial charge < -0.3 is 4.74 Å². The summed E-state index contributed by atoms with van der Waals surface area (Å²) in [6.45, 7) is 3.58. The maximum Gasteiger partial charge on any atom is 0.299 e. The fourth-order valence-electron chi connectivity index (χ4n) is 4.63. The predicted octanol–water partition coefficient (Wildman–Crippen LogP) is 3.50. The molecule has 0 spiro atoms. The van der Waals surface area contributed by atoms with E-state index in [9.17, 15) is 12.8 Å². The van der Waals surface area contributed by atoms with Crippen molar-refractivity contribution in [1.82, 2.24) is 4.72 Å². The molecule has 0 radical (unpaired) electrons. The van der Waals surface area contributed by atoms with Crippen LogP contribution in [-0.2, 0) is 21.2 Å². The van der Waals surface area contributed by atoms with E-state index < -0.39 is 32.1 Å². The number of hydrogen-bond donors (Lipinski definition) is 1. The van der Waals surface area contributed by atoms with Crippen LogP contribution in [0.4, 0.5) is 4.39 Å². The second-order valence-electron chi connectivity index (χ2n) is 8.82. The van der Waals surface area contributed by atoms with Crippen molar-refractivity contribution in [2.45, 2.75) is 80.9 Å². The van der Waals surface area contributed by atoms with E-state index >= 15 is 0 Å². The maximum atomic E-state index is 14.4. The van der Waals surface area contributed by atoms with Gasteiger partial charge in [-0.05, 0) is 64.4 Å². The van der Waals surface area contributed by atoms with Crippen molar-refractivity contribution in [1.29, 1.82) is 0 Å². The van der Waals surface area contributed by atoms with Crippen LogP contribution in [0.1, 0.15) is 57.9 Å². The maximum absolute atomic E-state index is 14.4. The number of alkyl halides is 1. The summed E-state index contributed by atoms with van der Waals surface area (Å²) in [4.78, 5) is 4.68. The number of nitrogens with zero attached hydrogens (tertiary/aromatic N) is 1. The molecule has 27 heavy (non-hydrogen) atoms. The number of amidine groups is 1. The van der Waals surface area contributed by atoms with Gasteiger partial charge in [0, 0.05) is 0 Å². The van der Waals surface area contributed by atoms with Gasteiger partial charge in [-0.3, -0.25) is 0 Å². The van der Waals surface area contributed by atoms with Gasteiger partial charge in [0.15, 0.2) is 0 Å². The number of fused-ring (bicyclic) bond motifs is 3. The SMILES string of the molecule is CC1(C)OC(=NC23CCC(F)(CC2)CC3)NS(=O)(=O)C1Cc1ccccc1. The van der Waals surface area contributed by atoms with Gasteiger partial charge in [-0.15, -0.1) is 0 Å². The molecule has 1 saturated heterocycles. The van der Waals surface area contributed by atoms with Crippen LogP contribution in [-0.4, -0.2) is 36.5 Å². The zero-order chi connectivity index (χ0) is 19.3. The summed E-state index contributed by atoms with van der Waals surface area (Å²) in [5.74, 6) is 0. The molecule has 5 nitrogen and oxygen atoms in total. The van der Waals surface area contributed by atoms with Crippen LogP contribution in [0.15, 0.2) is 35.3 Å². The van der Waals surface area contributed by atoms with Crippen molar-refractivity contribution in [2.75, 3.05) is 0 Å². The van der Waals surface area contributed by atoms with Gasteiger partial charge in [0.05, 0.1) is 5.54 Å². The fraction of sp³-hybridized carbons (Fsp3) is 0.650. The molecular formula is C20H27FN2O3S. The summed E-state index contributed by atoms with van der Waals surface area (Å²) >= 11 is 0. The molecule has 1 heterocycles. The highest BCUT2D eigenvalue weighted by Crippen LogP contribution is 2.51. The predicted molar refractivity (Wildman–Crippen MR) is 103 cm³/mol.